The van der Waals surface area contributed by atoms with E-state index < -0.39 is 5.97 Å². The molecule has 5 nitrogen and oxygen atoms in total. The number of aliphatic carboxylic acids is 1. The van der Waals surface area contributed by atoms with Gasteiger partial charge < -0.3 is 15.3 Å². The van der Waals surface area contributed by atoms with Crippen molar-refractivity contribution in [1.29, 1.82) is 0 Å². The molecule has 5 heteroatoms. The Bertz CT molecular complexity index is 684. The van der Waals surface area contributed by atoms with Gasteiger partial charge in [0.2, 0.25) is 0 Å². The molecule has 4 rings (SSSR count). The van der Waals surface area contributed by atoms with Gasteiger partial charge in [0, 0.05) is 30.0 Å². The monoisotopic (exact) mass is 370 g/mol. The van der Waals surface area contributed by atoms with Gasteiger partial charge in [-0.2, -0.15) is 0 Å². The van der Waals surface area contributed by atoms with Crippen LogP contribution in [0.5, 0.6) is 0 Å². The fraction of sp³-hybridized carbons (Fsp3) is 0.636. The van der Waals surface area contributed by atoms with Gasteiger partial charge in [-0.3, -0.25) is 9.59 Å². The number of rotatable bonds is 6. The van der Waals surface area contributed by atoms with Crippen molar-refractivity contribution in [2.75, 3.05) is 19.6 Å². The molecule has 0 spiro atoms. The molecule has 2 heterocycles. The number of fused-ring (bicyclic) bond motifs is 2. The predicted molar refractivity (Wildman–Crippen MR) is 104 cm³/mol. The van der Waals surface area contributed by atoms with Crippen molar-refractivity contribution in [2.24, 2.45) is 5.92 Å². The Kier molecular flexibility index (Phi) is 5.22. The number of hydrogen-bond acceptors (Lipinski definition) is 3. The van der Waals surface area contributed by atoms with E-state index in [0.29, 0.717) is 11.3 Å². The normalized spacial score (nSPS) is 32.4. The highest BCUT2D eigenvalue weighted by Crippen LogP contribution is 2.43. The molecule has 27 heavy (non-hydrogen) atoms. The Morgan fingerprint density at radius 1 is 1.07 bits per heavy atom. The second-order valence-electron chi connectivity index (χ2n) is 8.76. The van der Waals surface area contributed by atoms with Gasteiger partial charge in [-0.05, 0) is 81.6 Å². The molecule has 0 aromatic heterocycles. The first-order valence-corrected chi connectivity index (χ1v) is 10.4. The lowest BCUT2D eigenvalue weighted by atomic mass is 9.77. The third-order valence-corrected chi connectivity index (χ3v) is 7.05. The smallest absolute Gasteiger partial charge is 0.303 e. The number of nitrogens with one attached hydrogen (secondary N) is 1. The standard InChI is InChI=1S/C22H30N2O3/c25-20(26)10-3-16-1-8-19(9-2-16)23-21(27)17-4-6-18(7-5-17)22-11-13-24(15-22)14-12-22/h4-7,16,19H,1-3,8-15H2,(H,23,27)(H,25,26). The lowest BCUT2D eigenvalue weighted by molar-refractivity contribution is -0.137. The van der Waals surface area contributed by atoms with E-state index in [1.807, 2.05) is 12.1 Å². The Morgan fingerprint density at radius 2 is 1.74 bits per heavy atom. The van der Waals surface area contributed by atoms with Crippen LogP contribution in [0.3, 0.4) is 0 Å². The Morgan fingerprint density at radius 3 is 2.30 bits per heavy atom. The van der Waals surface area contributed by atoms with Crippen LogP contribution in [-0.4, -0.2) is 47.6 Å². The third-order valence-electron chi connectivity index (χ3n) is 7.05. The first-order chi connectivity index (χ1) is 13.0. The Balaban J connectivity index is 1.28. The molecular formula is C22H30N2O3. The SMILES string of the molecule is O=C(O)CCC1CCC(NC(=O)c2ccc(C34CCN(CC3)C4)cc2)CC1. The van der Waals surface area contributed by atoms with E-state index in [4.69, 9.17) is 5.11 Å². The lowest BCUT2D eigenvalue weighted by Gasteiger charge is -2.29. The molecule has 2 bridgehead atoms. The van der Waals surface area contributed by atoms with Crippen LogP contribution in [0.2, 0.25) is 0 Å². The van der Waals surface area contributed by atoms with Gasteiger partial charge in [0.05, 0.1) is 0 Å². The van der Waals surface area contributed by atoms with Crippen LogP contribution in [0, 0.1) is 5.92 Å². The fourth-order valence-electron chi connectivity index (χ4n) is 5.27. The summed E-state index contributed by atoms with van der Waals surface area (Å²) in [7, 11) is 0. The molecular weight excluding hydrogens is 340 g/mol. The number of benzene rings is 1. The minimum Gasteiger partial charge on any atom is -0.481 e. The Hall–Kier alpha value is -1.88. The Labute approximate surface area is 161 Å². The van der Waals surface area contributed by atoms with Crippen LogP contribution in [-0.2, 0) is 10.2 Å². The summed E-state index contributed by atoms with van der Waals surface area (Å²) in [6.45, 7) is 3.58. The van der Waals surface area contributed by atoms with E-state index >= 15 is 0 Å². The van der Waals surface area contributed by atoms with Crippen molar-refractivity contribution < 1.29 is 14.7 Å². The van der Waals surface area contributed by atoms with Crippen LogP contribution >= 0.6 is 0 Å². The van der Waals surface area contributed by atoms with Crippen LogP contribution in [0.1, 0.15) is 67.3 Å². The highest BCUT2D eigenvalue weighted by molar-refractivity contribution is 5.94. The molecule has 1 aromatic carbocycles. The van der Waals surface area contributed by atoms with E-state index in [1.165, 1.54) is 38.0 Å². The van der Waals surface area contributed by atoms with Crippen LogP contribution in [0.4, 0.5) is 0 Å². The zero-order chi connectivity index (χ0) is 18.9. The van der Waals surface area contributed by atoms with Crippen molar-refractivity contribution in [3.8, 4) is 0 Å². The summed E-state index contributed by atoms with van der Waals surface area (Å²) in [6, 6.07) is 8.51. The largest absolute Gasteiger partial charge is 0.481 e. The van der Waals surface area contributed by atoms with E-state index in [1.54, 1.807) is 0 Å². The number of carboxylic acids is 1. The average molecular weight is 370 g/mol. The molecule has 2 saturated heterocycles. The summed E-state index contributed by atoms with van der Waals surface area (Å²) >= 11 is 0. The van der Waals surface area contributed by atoms with Gasteiger partial charge in [0.25, 0.3) is 5.91 Å². The van der Waals surface area contributed by atoms with Crippen LogP contribution in [0.25, 0.3) is 0 Å². The molecule has 0 unspecified atom stereocenters. The third kappa shape index (κ3) is 4.03. The molecule has 0 radical (unpaired) electrons. The van der Waals surface area contributed by atoms with E-state index in [0.717, 1.165) is 37.7 Å². The topological polar surface area (TPSA) is 69.6 Å². The maximum absolute atomic E-state index is 12.6. The maximum atomic E-state index is 12.6. The van der Waals surface area contributed by atoms with Crippen molar-refractivity contribution in [2.45, 2.75) is 62.8 Å². The number of hydrogen-bond donors (Lipinski definition) is 2. The van der Waals surface area contributed by atoms with Crippen molar-refractivity contribution in [3.05, 3.63) is 35.4 Å². The van der Waals surface area contributed by atoms with Crippen LogP contribution in [0.15, 0.2) is 24.3 Å². The number of amides is 1. The maximum Gasteiger partial charge on any atom is 0.303 e. The van der Waals surface area contributed by atoms with Crippen molar-refractivity contribution >= 4 is 11.9 Å². The van der Waals surface area contributed by atoms with Gasteiger partial charge in [-0.1, -0.05) is 12.1 Å². The fourth-order valence-corrected chi connectivity index (χ4v) is 5.27. The van der Waals surface area contributed by atoms with Crippen molar-refractivity contribution in [3.63, 3.8) is 0 Å². The minimum atomic E-state index is -0.712. The number of nitrogens with zero attached hydrogens (tertiary/aromatic N) is 1. The molecule has 1 aliphatic carbocycles. The first kappa shape index (κ1) is 18.5. The van der Waals surface area contributed by atoms with Gasteiger partial charge >= 0.3 is 5.97 Å². The molecule has 1 saturated carbocycles. The molecule has 1 amide bonds. The summed E-state index contributed by atoms with van der Waals surface area (Å²) in [6.07, 6.45) is 7.42. The van der Waals surface area contributed by atoms with Crippen molar-refractivity contribution in [1.82, 2.24) is 10.2 Å². The summed E-state index contributed by atoms with van der Waals surface area (Å²) < 4.78 is 0. The van der Waals surface area contributed by atoms with Gasteiger partial charge in [-0.15, -0.1) is 0 Å². The number of piperidine rings is 1. The second kappa shape index (κ2) is 7.63. The summed E-state index contributed by atoms with van der Waals surface area (Å²) in [5.41, 5.74) is 2.46. The molecule has 0 atom stereocenters. The lowest BCUT2D eigenvalue weighted by Crippen LogP contribution is -2.37. The summed E-state index contributed by atoms with van der Waals surface area (Å²) in [5, 5.41) is 12.0. The highest BCUT2D eigenvalue weighted by atomic mass is 16.4. The average Bonchev–Trinajstić information content (AvgIpc) is 3.30. The van der Waals surface area contributed by atoms with Gasteiger partial charge in [-0.25, -0.2) is 0 Å². The van der Waals surface area contributed by atoms with E-state index in [2.05, 4.69) is 22.3 Å². The van der Waals surface area contributed by atoms with E-state index in [-0.39, 0.29) is 18.4 Å². The van der Waals surface area contributed by atoms with Gasteiger partial charge in [0.1, 0.15) is 0 Å². The molecule has 2 N–H and O–H groups in total. The highest BCUT2D eigenvalue weighted by Gasteiger charge is 2.44. The van der Waals surface area contributed by atoms with Crippen LogP contribution < -0.4 is 5.32 Å². The number of carboxylic acid groups (broad SMARTS) is 1. The predicted octanol–water partition coefficient (Wildman–Crippen LogP) is 3.19. The molecule has 3 aliphatic rings. The summed E-state index contributed by atoms with van der Waals surface area (Å²) in [5.74, 6) is -0.200. The molecule has 2 aliphatic heterocycles. The number of carbonyl (C=O) groups excluding carboxylic acids is 1. The minimum absolute atomic E-state index is 0.0208. The van der Waals surface area contributed by atoms with E-state index in [9.17, 15) is 9.59 Å². The molecule has 146 valence electrons. The summed E-state index contributed by atoms with van der Waals surface area (Å²) in [4.78, 5) is 25.8. The second-order valence-corrected chi connectivity index (χ2v) is 8.76. The number of carbonyl (C=O) groups is 2. The zero-order valence-electron chi connectivity index (χ0n) is 16.0. The van der Waals surface area contributed by atoms with Gasteiger partial charge in [0.15, 0.2) is 0 Å². The first-order valence-electron chi connectivity index (χ1n) is 10.4. The molecule has 3 fully saturated rings. The molecule has 1 aromatic rings. The quantitative estimate of drug-likeness (QED) is 0.807. The zero-order valence-corrected chi connectivity index (χ0v) is 16.0.